The first kappa shape index (κ1) is 11.0. The van der Waals surface area contributed by atoms with E-state index in [2.05, 4.69) is 33.1 Å². The molecule has 13 heavy (non-hydrogen) atoms. The minimum absolute atomic E-state index is 0.759. The third-order valence-electron chi connectivity index (χ3n) is 4.02. The van der Waals surface area contributed by atoms with E-state index >= 15 is 0 Å². The second-order valence-corrected chi connectivity index (χ2v) is 4.83. The van der Waals surface area contributed by atoms with Crippen LogP contribution in [-0.4, -0.2) is 13.1 Å². The van der Waals surface area contributed by atoms with Crippen molar-refractivity contribution in [2.24, 2.45) is 17.8 Å². The van der Waals surface area contributed by atoms with Gasteiger partial charge in [-0.1, -0.05) is 27.2 Å². The van der Waals surface area contributed by atoms with Gasteiger partial charge in [-0.15, -0.1) is 0 Å². The van der Waals surface area contributed by atoms with Crippen molar-refractivity contribution in [3.8, 4) is 0 Å². The molecule has 1 nitrogen and oxygen atoms in total. The average molecular weight is 183 g/mol. The molecule has 1 N–H and O–H groups in total. The Kier molecular flexibility index (Phi) is 4.24. The van der Waals surface area contributed by atoms with Gasteiger partial charge in [-0.2, -0.15) is 0 Å². The van der Waals surface area contributed by atoms with Crippen LogP contribution in [-0.2, 0) is 0 Å². The van der Waals surface area contributed by atoms with Crippen molar-refractivity contribution in [2.45, 2.75) is 52.5 Å². The Labute approximate surface area is 83.3 Å². The van der Waals surface area contributed by atoms with Gasteiger partial charge in [0.1, 0.15) is 0 Å². The molecule has 0 heterocycles. The molecular weight excluding hydrogens is 158 g/mol. The van der Waals surface area contributed by atoms with E-state index in [1.165, 1.54) is 25.7 Å². The van der Waals surface area contributed by atoms with Crippen LogP contribution in [0.25, 0.3) is 0 Å². The van der Waals surface area contributed by atoms with Crippen molar-refractivity contribution >= 4 is 0 Å². The first-order valence-electron chi connectivity index (χ1n) is 5.86. The van der Waals surface area contributed by atoms with Crippen LogP contribution < -0.4 is 5.32 Å². The molecule has 0 aromatic heterocycles. The molecule has 4 atom stereocenters. The zero-order valence-corrected chi connectivity index (χ0v) is 9.64. The lowest BCUT2D eigenvalue weighted by Gasteiger charge is -2.36. The predicted octanol–water partition coefficient (Wildman–Crippen LogP) is 3.06. The second kappa shape index (κ2) is 4.99. The van der Waals surface area contributed by atoms with E-state index in [1.807, 2.05) is 0 Å². The van der Waals surface area contributed by atoms with Gasteiger partial charge in [0.2, 0.25) is 0 Å². The van der Waals surface area contributed by atoms with Gasteiger partial charge >= 0.3 is 0 Å². The van der Waals surface area contributed by atoms with Crippen LogP contribution in [0.3, 0.4) is 0 Å². The highest BCUT2D eigenvalue weighted by Crippen LogP contribution is 2.35. The zero-order valence-electron chi connectivity index (χ0n) is 9.64. The van der Waals surface area contributed by atoms with Crippen LogP contribution in [0.1, 0.15) is 46.5 Å². The predicted molar refractivity (Wildman–Crippen MR) is 58.8 cm³/mol. The lowest BCUT2D eigenvalue weighted by Crippen LogP contribution is -2.37. The zero-order chi connectivity index (χ0) is 9.84. The van der Waals surface area contributed by atoms with E-state index in [9.17, 15) is 0 Å². The first-order valence-corrected chi connectivity index (χ1v) is 5.86. The SMILES string of the molecule is CCC(NC)C1CCC(C)C(C)C1. The van der Waals surface area contributed by atoms with Gasteiger partial charge in [0.05, 0.1) is 0 Å². The van der Waals surface area contributed by atoms with E-state index in [1.54, 1.807) is 0 Å². The second-order valence-electron chi connectivity index (χ2n) is 4.83. The highest BCUT2D eigenvalue weighted by atomic mass is 14.9. The summed E-state index contributed by atoms with van der Waals surface area (Å²) in [5.74, 6) is 2.81. The average Bonchev–Trinajstić information content (AvgIpc) is 2.13. The summed E-state index contributed by atoms with van der Waals surface area (Å²) < 4.78 is 0. The highest BCUT2D eigenvalue weighted by Gasteiger charge is 2.28. The van der Waals surface area contributed by atoms with Crippen molar-refractivity contribution in [2.75, 3.05) is 7.05 Å². The Morgan fingerprint density at radius 2 is 1.92 bits per heavy atom. The molecule has 0 amide bonds. The number of hydrogen-bond donors (Lipinski definition) is 1. The molecule has 1 fully saturated rings. The fraction of sp³-hybridized carbons (Fsp3) is 1.00. The minimum Gasteiger partial charge on any atom is -0.317 e. The van der Waals surface area contributed by atoms with Gasteiger partial charge in [-0.3, -0.25) is 0 Å². The van der Waals surface area contributed by atoms with Gasteiger partial charge < -0.3 is 5.32 Å². The molecule has 0 spiro atoms. The Morgan fingerprint density at radius 3 is 2.38 bits per heavy atom. The number of hydrogen-bond acceptors (Lipinski definition) is 1. The molecule has 0 aliphatic heterocycles. The van der Waals surface area contributed by atoms with E-state index in [-0.39, 0.29) is 0 Å². The van der Waals surface area contributed by atoms with Crippen molar-refractivity contribution in [3.63, 3.8) is 0 Å². The van der Waals surface area contributed by atoms with E-state index < -0.39 is 0 Å². The lowest BCUT2D eigenvalue weighted by molar-refractivity contribution is 0.172. The Bertz CT molecular complexity index is 140. The number of nitrogens with one attached hydrogen (secondary N) is 1. The van der Waals surface area contributed by atoms with E-state index in [0.29, 0.717) is 0 Å². The largest absolute Gasteiger partial charge is 0.317 e. The van der Waals surface area contributed by atoms with E-state index in [0.717, 1.165) is 23.8 Å². The molecule has 1 saturated carbocycles. The standard InChI is InChI=1S/C12H25N/c1-5-12(13-4)11-7-6-9(2)10(3)8-11/h9-13H,5-8H2,1-4H3. The summed E-state index contributed by atoms with van der Waals surface area (Å²) in [7, 11) is 2.11. The summed E-state index contributed by atoms with van der Waals surface area (Å²) in [4.78, 5) is 0. The van der Waals surface area contributed by atoms with Crippen molar-refractivity contribution in [1.29, 1.82) is 0 Å². The van der Waals surface area contributed by atoms with Gasteiger partial charge in [-0.25, -0.2) is 0 Å². The minimum atomic E-state index is 0.759. The molecule has 4 unspecified atom stereocenters. The molecule has 1 rings (SSSR count). The summed E-state index contributed by atoms with van der Waals surface area (Å²) >= 11 is 0. The molecule has 0 bridgehead atoms. The normalized spacial score (nSPS) is 37.4. The van der Waals surface area contributed by atoms with Crippen LogP contribution >= 0.6 is 0 Å². The first-order chi connectivity index (χ1) is 6.19. The maximum atomic E-state index is 3.46. The number of rotatable bonds is 3. The molecule has 1 aliphatic carbocycles. The molecule has 1 aliphatic rings. The van der Waals surface area contributed by atoms with Crippen LogP contribution in [0.2, 0.25) is 0 Å². The smallest absolute Gasteiger partial charge is 0.00898 e. The highest BCUT2D eigenvalue weighted by molar-refractivity contribution is 4.82. The van der Waals surface area contributed by atoms with Crippen LogP contribution in [0.5, 0.6) is 0 Å². The summed E-state index contributed by atoms with van der Waals surface area (Å²) in [6.07, 6.45) is 5.58. The van der Waals surface area contributed by atoms with Gasteiger partial charge in [0.25, 0.3) is 0 Å². The van der Waals surface area contributed by atoms with Gasteiger partial charge in [0.15, 0.2) is 0 Å². The van der Waals surface area contributed by atoms with Crippen LogP contribution in [0, 0.1) is 17.8 Å². The molecule has 0 saturated heterocycles. The fourth-order valence-electron chi connectivity index (χ4n) is 2.73. The molecule has 0 radical (unpaired) electrons. The van der Waals surface area contributed by atoms with Crippen molar-refractivity contribution in [3.05, 3.63) is 0 Å². The van der Waals surface area contributed by atoms with Crippen molar-refractivity contribution in [1.82, 2.24) is 5.32 Å². The lowest BCUT2D eigenvalue weighted by atomic mass is 9.73. The molecule has 0 aromatic carbocycles. The van der Waals surface area contributed by atoms with Gasteiger partial charge in [0, 0.05) is 6.04 Å². The van der Waals surface area contributed by atoms with E-state index in [4.69, 9.17) is 0 Å². The third-order valence-corrected chi connectivity index (χ3v) is 4.02. The third kappa shape index (κ3) is 2.70. The molecule has 78 valence electrons. The topological polar surface area (TPSA) is 12.0 Å². The quantitative estimate of drug-likeness (QED) is 0.709. The van der Waals surface area contributed by atoms with Crippen molar-refractivity contribution < 1.29 is 0 Å². The van der Waals surface area contributed by atoms with Gasteiger partial charge in [-0.05, 0) is 44.1 Å². The molecule has 1 heteroatoms. The summed E-state index contributed by atoms with van der Waals surface area (Å²) in [5.41, 5.74) is 0. The van der Waals surface area contributed by atoms with Crippen LogP contribution in [0.15, 0.2) is 0 Å². The summed E-state index contributed by atoms with van der Waals surface area (Å²) in [6.45, 7) is 7.12. The Balaban J connectivity index is 2.44. The Morgan fingerprint density at radius 1 is 1.23 bits per heavy atom. The monoisotopic (exact) mass is 183 g/mol. The molecular formula is C12H25N. The maximum absolute atomic E-state index is 3.46. The molecule has 0 aromatic rings. The fourth-order valence-corrected chi connectivity index (χ4v) is 2.73. The summed E-state index contributed by atoms with van der Waals surface area (Å²) in [5, 5.41) is 3.46. The maximum Gasteiger partial charge on any atom is 0.00898 e. The van der Waals surface area contributed by atoms with Crippen LogP contribution in [0.4, 0.5) is 0 Å². The Hall–Kier alpha value is -0.0400. The summed E-state index contributed by atoms with van der Waals surface area (Å²) in [6, 6.07) is 0.759.